The van der Waals surface area contributed by atoms with Crippen LogP contribution in [-0.4, -0.2) is 28.9 Å². The molecular formula is C15H26N4. The summed E-state index contributed by atoms with van der Waals surface area (Å²) in [5.74, 6) is 2.14. The van der Waals surface area contributed by atoms with Crippen molar-refractivity contribution in [2.45, 2.75) is 52.1 Å². The van der Waals surface area contributed by atoms with Crippen molar-refractivity contribution in [1.29, 1.82) is 0 Å². The van der Waals surface area contributed by atoms with Gasteiger partial charge in [0.15, 0.2) is 0 Å². The summed E-state index contributed by atoms with van der Waals surface area (Å²) in [5, 5.41) is 8.28. The van der Waals surface area contributed by atoms with E-state index < -0.39 is 0 Å². The molecule has 3 rings (SSSR count). The minimum atomic E-state index is 0.757. The summed E-state index contributed by atoms with van der Waals surface area (Å²) in [6.07, 6.45) is 5.36. The number of hydrogen-bond acceptors (Lipinski definition) is 3. The predicted octanol–water partition coefficient (Wildman–Crippen LogP) is 2.22. The lowest BCUT2D eigenvalue weighted by atomic mass is 10.00. The van der Waals surface area contributed by atoms with Crippen molar-refractivity contribution < 1.29 is 0 Å². The lowest BCUT2D eigenvalue weighted by Gasteiger charge is -2.33. The molecule has 2 aliphatic rings. The summed E-state index contributed by atoms with van der Waals surface area (Å²) < 4.78 is 2.08. The minimum absolute atomic E-state index is 0.757. The van der Waals surface area contributed by atoms with Crippen LogP contribution in [0.15, 0.2) is 0 Å². The fourth-order valence-electron chi connectivity index (χ4n) is 3.21. The number of piperidine rings is 1. The quantitative estimate of drug-likeness (QED) is 0.903. The van der Waals surface area contributed by atoms with Gasteiger partial charge in [-0.25, -0.2) is 0 Å². The third-order valence-electron chi connectivity index (χ3n) is 4.41. The highest BCUT2D eigenvalue weighted by Crippen LogP contribution is 2.29. The number of anilines is 1. The highest BCUT2D eigenvalue weighted by atomic mass is 15.4. The molecule has 1 atom stereocenters. The van der Waals surface area contributed by atoms with Gasteiger partial charge in [0.05, 0.1) is 5.69 Å². The van der Waals surface area contributed by atoms with Crippen molar-refractivity contribution in [2.24, 2.45) is 13.0 Å². The van der Waals surface area contributed by atoms with Gasteiger partial charge in [-0.2, -0.15) is 5.10 Å². The van der Waals surface area contributed by atoms with Gasteiger partial charge < -0.3 is 10.2 Å². The Balaban J connectivity index is 1.81. The standard InChI is InChI=1S/C15H26N4/c1-11-5-4-8-19(10-11)15-14(9-16-13-6-7-13)12(2)17-18(15)3/h11,13,16H,4-10H2,1-3H3. The Labute approximate surface area is 116 Å². The molecular weight excluding hydrogens is 236 g/mol. The molecule has 0 bridgehead atoms. The Morgan fingerprint density at radius 3 is 2.79 bits per heavy atom. The van der Waals surface area contributed by atoms with Crippen LogP contribution < -0.4 is 10.2 Å². The third kappa shape index (κ3) is 2.78. The maximum Gasteiger partial charge on any atom is 0.131 e. The Morgan fingerprint density at radius 1 is 1.32 bits per heavy atom. The second-order valence-electron chi connectivity index (χ2n) is 6.36. The van der Waals surface area contributed by atoms with Gasteiger partial charge in [0.1, 0.15) is 5.82 Å². The molecule has 1 unspecified atom stereocenters. The molecule has 106 valence electrons. The van der Waals surface area contributed by atoms with E-state index in [-0.39, 0.29) is 0 Å². The van der Waals surface area contributed by atoms with Crippen LogP contribution in [0.25, 0.3) is 0 Å². The topological polar surface area (TPSA) is 33.1 Å². The van der Waals surface area contributed by atoms with Gasteiger partial charge in [-0.3, -0.25) is 4.68 Å². The first-order valence-electron chi connectivity index (χ1n) is 7.66. The van der Waals surface area contributed by atoms with E-state index >= 15 is 0 Å². The summed E-state index contributed by atoms with van der Waals surface area (Å²) in [7, 11) is 2.09. The van der Waals surface area contributed by atoms with Crippen molar-refractivity contribution >= 4 is 5.82 Å². The molecule has 1 saturated carbocycles. The molecule has 0 amide bonds. The number of hydrogen-bond donors (Lipinski definition) is 1. The number of aryl methyl sites for hydroxylation is 2. The van der Waals surface area contributed by atoms with E-state index in [1.54, 1.807) is 0 Å². The fourth-order valence-corrected chi connectivity index (χ4v) is 3.21. The predicted molar refractivity (Wildman–Crippen MR) is 78.4 cm³/mol. The summed E-state index contributed by atoms with van der Waals surface area (Å²) in [6.45, 7) is 7.83. The van der Waals surface area contributed by atoms with Crippen molar-refractivity contribution in [3.05, 3.63) is 11.3 Å². The molecule has 4 heteroatoms. The van der Waals surface area contributed by atoms with Crippen molar-refractivity contribution in [1.82, 2.24) is 15.1 Å². The van der Waals surface area contributed by atoms with Gasteiger partial charge in [-0.05, 0) is 38.5 Å². The molecule has 1 saturated heterocycles. The second kappa shape index (κ2) is 5.16. The maximum absolute atomic E-state index is 4.64. The summed E-state index contributed by atoms with van der Waals surface area (Å²) >= 11 is 0. The molecule has 4 nitrogen and oxygen atoms in total. The van der Waals surface area contributed by atoms with E-state index in [2.05, 4.69) is 40.9 Å². The first-order chi connectivity index (χ1) is 9.15. The minimum Gasteiger partial charge on any atom is -0.356 e. The maximum atomic E-state index is 4.64. The molecule has 0 spiro atoms. The van der Waals surface area contributed by atoms with Crippen LogP contribution in [0.2, 0.25) is 0 Å². The van der Waals surface area contributed by atoms with Gasteiger partial charge in [-0.1, -0.05) is 6.92 Å². The van der Waals surface area contributed by atoms with E-state index in [9.17, 15) is 0 Å². The third-order valence-corrected chi connectivity index (χ3v) is 4.41. The van der Waals surface area contributed by atoms with E-state index in [1.165, 1.54) is 55.8 Å². The van der Waals surface area contributed by atoms with Crippen LogP contribution in [0.1, 0.15) is 43.9 Å². The van der Waals surface area contributed by atoms with E-state index in [4.69, 9.17) is 0 Å². The van der Waals surface area contributed by atoms with Gasteiger partial charge in [0.2, 0.25) is 0 Å². The first kappa shape index (κ1) is 13.0. The number of rotatable bonds is 4. The summed E-state index contributed by atoms with van der Waals surface area (Å²) in [6, 6.07) is 0.757. The van der Waals surface area contributed by atoms with Crippen LogP contribution in [0.5, 0.6) is 0 Å². The highest BCUT2D eigenvalue weighted by Gasteiger charge is 2.26. The van der Waals surface area contributed by atoms with Crippen LogP contribution >= 0.6 is 0 Å². The molecule has 1 N–H and O–H groups in total. The molecule has 0 aromatic carbocycles. The van der Waals surface area contributed by atoms with Crippen molar-refractivity contribution in [2.75, 3.05) is 18.0 Å². The molecule has 19 heavy (non-hydrogen) atoms. The Bertz CT molecular complexity index is 447. The fraction of sp³-hybridized carbons (Fsp3) is 0.800. The molecule has 1 aromatic heterocycles. The van der Waals surface area contributed by atoms with Gasteiger partial charge in [0.25, 0.3) is 0 Å². The normalized spacial score (nSPS) is 23.9. The van der Waals surface area contributed by atoms with Gasteiger partial charge >= 0.3 is 0 Å². The number of nitrogens with one attached hydrogen (secondary N) is 1. The molecule has 1 aliphatic heterocycles. The monoisotopic (exact) mass is 262 g/mol. The second-order valence-corrected chi connectivity index (χ2v) is 6.36. The van der Waals surface area contributed by atoms with Gasteiger partial charge in [-0.15, -0.1) is 0 Å². The zero-order chi connectivity index (χ0) is 13.4. The van der Waals surface area contributed by atoms with Crippen LogP contribution in [-0.2, 0) is 13.6 Å². The highest BCUT2D eigenvalue weighted by molar-refractivity contribution is 5.50. The smallest absolute Gasteiger partial charge is 0.131 e. The van der Waals surface area contributed by atoms with Crippen LogP contribution in [0, 0.1) is 12.8 Å². The summed E-state index contributed by atoms with van der Waals surface area (Å²) in [4.78, 5) is 2.54. The molecule has 1 aromatic rings. The molecule has 1 aliphatic carbocycles. The average molecular weight is 262 g/mol. The van der Waals surface area contributed by atoms with E-state index in [0.717, 1.165) is 18.5 Å². The SMILES string of the molecule is Cc1nn(C)c(N2CCCC(C)C2)c1CNC1CC1. The zero-order valence-electron chi connectivity index (χ0n) is 12.4. The Kier molecular flexibility index (Phi) is 3.52. The largest absolute Gasteiger partial charge is 0.356 e. The number of aromatic nitrogens is 2. The van der Waals surface area contributed by atoms with E-state index in [1.807, 2.05) is 0 Å². The molecule has 0 radical (unpaired) electrons. The number of nitrogens with zero attached hydrogens (tertiary/aromatic N) is 3. The van der Waals surface area contributed by atoms with Crippen molar-refractivity contribution in [3.63, 3.8) is 0 Å². The Morgan fingerprint density at radius 2 is 2.11 bits per heavy atom. The Hall–Kier alpha value is -1.03. The van der Waals surface area contributed by atoms with Crippen LogP contribution in [0.4, 0.5) is 5.82 Å². The van der Waals surface area contributed by atoms with Gasteiger partial charge in [0, 0.05) is 38.3 Å². The summed E-state index contributed by atoms with van der Waals surface area (Å²) in [5.41, 5.74) is 2.59. The van der Waals surface area contributed by atoms with Crippen molar-refractivity contribution in [3.8, 4) is 0 Å². The zero-order valence-corrected chi connectivity index (χ0v) is 12.4. The lowest BCUT2D eigenvalue weighted by Crippen LogP contribution is -2.36. The first-order valence-corrected chi connectivity index (χ1v) is 7.66. The van der Waals surface area contributed by atoms with E-state index in [0.29, 0.717) is 0 Å². The van der Waals surface area contributed by atoms with Crippen LogP contribution in [0.3, 0.4) is 0 Å². The molecule has 2 fully saturated rings. The molecule has 2 heterocycles. The lowest BCUT2D eigenvalue weighted by molar-refractivity contribution is 0.439. The average Bonchev–Trinajstić information content (AvgIpc) is 3.13.